The van der Waals surface area contributed by atoms with Crippen molar-refractivity contribution in [2.45, 2.75) is 0 Å². The minimum atomic E-state index is -1.14. The fourth-order valence-corrected chi connectivity index (χ4v) is 7.35. The molecule has 0 aromatic heterocycles. The van der Waals surface area contributed by atoms with E-state index in [1.807, 2.05) is 90.4 Å². The Morgan fingerprint density at radius 3 is 2.00 bits per heavy atom. The van der Waals surface area contributed by atoms with Crippen LogP contribution in [0.4, 0.5) is 0 Å². The number of phenolic OH excluding ortho intramolecular Hbond substituents is 1. The summed E-state index contributed by atoms with van der Waals surface area (Å²) in [6.07, 6.45) is 1.54. The number of carboxylic acids is 1. The van der Waals surface area contributed by atoms with E-state index in [1.165, 1.54) is 6.07 Å². The summed E-state index contributed by atoms with van der Waals surface area (Å²) in [7, 11) is 0. The molecule has 0 bridgehead atoms. The van der Waals surface area contributed by atoms with Gasteiger partial charge in [-0.25, -0.2) is 14.4 Å². The van der Waals surface area contributed by atoms with Crippen LogP contribution in [0.1, 0.15) is 26.3 Å². The molecular weight excluding hydrogens is 876 g/mol. The lowest BCUT2D eigenvalue weighted by atomic mass is 10.1. The van der Waals surface area contributed by atoms with Gasteiger partial charge < -0.3 is 24.4 Å². The van der Waals surface area contributed by atoms with E-state index in [1.54, 1.807) is 18.2 Å². The number of aliphatic carboxylic acids is 1. The number of esters is 2. The van der Waals surface area contributed by atoms with Crippen LogP contribution in [0.3, 0.4) is 0 Å². The molecule has 0 unspecified atom stereocenters. The number of carbonyl (C=O) groups is 3. The van der Waals surface area contributed by atoms with Crippen molar-refractivity contribution in [2.24, 2.45) is 0 Å². The number of phenols is 1. The molecule has 8 nitrogen and oxygen atoms in total. The molecule has 2 aromatic rings. The molecule has 0 fully saturated rings. The maximum atomic E-state index is 12.6. The average Bonchev–Trinajstić information content (AvgIpc) is 2.69. The zero-order valence-electron chi connectivity index (χ0n) is 16.0. The van der Waals surface area contributed by atoms with Crippen LogP contribution in [0.15, 0.2) is 24.8 Å². The highest BCUT2D eigenvalue weighted by atomic mass is 127. The minimum Gasteiger partial charge on any atom is -0.507 e. The summed E-state index contributed by atoms with van der Waals surface area (Å²) in [6, 6.07) is 4.75. The third-order valence-electron chi connectivity index (χ3n) is 3.75. The van der Waals surface area contributed by atoms with E-state index in [0.29, 0.717) is 19.8 Å². The van der Waals surface area contributed by atoms with Gasteiger partial charge in [-0.15, -0.1) is 0 Å². The normalized spacial score (nSPS) is 10.4. The Balaban J connectivity index is 2.03. The van der Waals surface area contributed by atoms with Gasteiger partial charge >= 0.3 is 17.9 Å². The fraction of sp³-hybridized carbons (Fsp3) is 0.150. The zero-order valence-corrected chi connectivity index (χ0v) is 24.6. The summed E-state index contributed by atoms with van der Waals surface area (Å²) in [4.78, 5) is 35.7. The van der Waals surface area contributed by atoms with Crippen LogP contribution < -0.4 is 4.74 Å². The molecule has 0 aliphatic rings. The van der Waals surface area contributed by atoms with Crippen molar-refractivity contribution in [1.29, 1.82) is 0 Å². The first kappa shape index (κ1) is 27.4. The average molecular weight is 890 g/mol. The van der Waals surface area contributed by atoms with E-state index in [0.717, 1.165) is 0 Å². The zero-order chi connectivity index (χ0) is 24.0. The molecule has 0 amide bonds. The fourth-order valence-electron chi connectivity index (χ4n) is 2.37. The SMILES string of the molecule is C=Cc1cc(O)c(C(=O)OCCOC(=O)c2c(I)cc(I)c(OCC(=O)O)c2I)c(I)c1. The lowest BCUT2D eigenvalue weighted by Gasteiger charge is -2.14. The summed E-state index contributed by atoms with van der Waals surface area (Å²) < 4.78 is 17.8. The van der Waals surface area contributed by atoms with Crippen LogP contribution >= 0.6 is 90.4 Å². The Hall–Kier alpha value is -0.890. The number of aromatic hydroxyl groups is 1. The van der Waals surface area contributed by atoms with Gasteiger partial charge in [0.25, 0.3) is 0 Å². The van der Waals surface area contributed by atoms with Crippen molar-refractivity contribution in [1.82, 2.24) is 0 Å². The molecule has 12 heteroatoms. The van der Waals surface area contributed by atoms with Crippen LogP contribution in [-0.4, -0.2) is 47.9 Å². The number of rotatable bonds is 9. The molecule has 0 aliphatic heterocycles. The summed E-state index contributed by atoms with van der Waals surface area (Å²) in [6.45, 7) is 2.64. The van der Waals surface area contributed by atoms with Crippen molar-refractivity contribution < 1.29 is 38.8 Å². The van der Waals surface area contributed by atoms with E-state index in [-0.39, 0.29) is 35.8 Å². The number of carbonyl (C=O) groups excluding carboxylic acids is 2. The third-order valence-corrected chi connectivity index (χ3v) is 7.29. The molecule has 0 spiro atoms. The second kappa shape index (κ2) is 12.5. The van der Waals surface area contributed by atoms with Crippen molar-refractivity contribution in [3.05, 3.63) is 55.7 Å². The first-order chi connectivity index (χ1) is 15.1. The van der Waals surface area contributed by atoms with E-state index < -0.39 is 24.5 Å². The Morgan fingerprint density at radius 1 is 0.906 bits per heavy atom. The highest BCUT2D eigenvalue weighted by molar-refractivity contribution is 14.1. The molecule has 0 aliphatic carbocycles. The van der Waals surface area contributed by atoms with Crippen molar-refractivity contribution in [3.63, 3.8) is 0 Å². The van der Waals surface area contributed by atoms with Gasteiger partial charge in [0, 0.05) is 7.14 Å². The van der Waals surface area contributed by atoms with Gasteiger partial charge in [-0.05, 0) is 114 Å². The topological polar surface area (TPSA) is 119 Å². The predicted molar refractivity (Wildman–Crippen MR) is 149 cm³/mol. The Bertz CT molecular complexity index is 1060. The monoisotopic (exact) mass is 890 g/mol. The van der Waals surface area contributed by atoms with E-state index in [4.69, 9.17) is 19.3 Å². The Kier molecular flexibility index (Phi) is 10.7. The second-order valence-electron chi connectivity index (χ2n) is 5.91. The van der Waals surface area contributed by atoms with Crippen LogP contribution in [-0.2, 0) is 14.3 Å². The summed E-state index contributed by atoms with van der Waals surface area (Å²) in [5.74, 6) is -2.51. The maximum absolute atomic E-state index is 12.6. The summed E-state index contributed by atoms with van der Waals surface area (Å²) in [5, 5.41) is 18.9. The molecule has 32 heavy (non-hydrogen) atoms. The van der Waals surface area contributed by atoms with E-state index >= 15 is 0 Å². The number of carboxylic acid groups (broad SMARTS) is 1. The van der Waals surface area contributed by atoms with Gasteiger partial charge in [0.05, 0.1) is 12.7 Å². The smallest absolute Gasteiger partial charge is 0.343 e. The third kappa shape index (κ3) is 7.05. The minimum absolute atomic E-state index is 0.0180. The number of halogens is 4. The Morgan fingerprint density at radius 2 is 1.47 bits per heavy atom. The molecule has 170 valence electrons. The maximum Gasteiger partial charge on any atom is 0.343 e. The molecule has 2 aromatic carbocycles. The first-order valence-electron chi connectivity index (χ1n) is 8.58. The van der Waals surface area contributed by atoms with Crippen LogP contribution in [0.5, 0.6) is 11.5 Å². The molecule has 0 atom stereocenters. The molecule has 2 N–H and O–H groups in total. The van der Waals surface area contributed by atoms with Crippen LogP contribution in [0.2, 0.25) is 0 Å². The summed E-state index contributed by atoms with van der Waals surface area (Å²) >= 11 is 7.77. The van der Waals surface area contributed by atoms with E-state index in [9.17, 15) is 19.5 Å². The van der Waals surface area contributed by atoms with Gasteiger partial charge in [-0.3, -0.25) is 0 Å². The molecular formula is C20H14I4O8. The van der Waals surface area contributed by atoms with Crippen LogP contribution in [0.25, 0.3) is 6.08 Å². The van der Waals surface area contributed by atoms with Gasteiger partial charge in [0.2, 0.25) is 0 Å². The van der Waals surface area contributed by atoms with E-state index in [2.05, 4.69) is 6.58 Å². The molecule has 2 rings (SSSR count). The lowest BCUT2D eigenvalue weighted by molar-refractivity contribution is -0.139. The molecule has 0 radical (unpaired) electrons. The van der Waals surface area contributed by atoms with Crippen molar-refractivity contribution in [3.8, 4) is 11.5 Å². The molecule has 0 saturated heterocycles. The first-order valence-corrected chi connectivity index (χ1v) is 12.9. The standard InChI is InChI=1S/C20H14I4O8/c1-2-9-5-10(21)15(13(25)6-9)19(28)30-3-4-31-20(29)16-11(22)7-12(23)18(17(16)24)32-8-14(26)27/h2,5-7,25H,1,3-4,8H2,(H,26,27). The summed E-state index contributed by atoms with van der Waals surface area (Å²) in [5.41, 5.74) is 0.904. The largest absolute Gasteiger partial charge is 0.507 e. The van der Waals surface area contributed by atoms with Gasteiger partial charge in [0.1, 0.15) is 30.3 Å². The second-order valence-corrected chi connectivity index (χ2v) is 10.5. The lowest BCUT2D eigenvalue weighted by Crippen LogP contribution is -2.18. The number of hydrogen-bond acceptors (Lipinski definition) is 7. The van der Waals surface area contributed by atoms with Crippen LogP contribution in [0, 0.1) is 14.3 Å². The van der Waals surface area contributed by atoms with Gasteiger partial charge in [-0.1, -0.05) is 12.7 Å². The Labute approximate surface area is 237 Å². The predicted octanol–water partition coefficient (Wildman–Crippen LogP) is 4.93. The molecule has 0 saturated carbocycles. The van der Waals surface area contributed by atoms with Gasteiger partial charge in [-0.2, -0.15) is 0 Å². The van der Waals surface area contributed by atoms with Crippen molar-refractivity contribution >= 4 is 114 Å². The number of benzene rings is 2. The van der Waals surface area contributed by atoms with Gasteiger partial charge in [0.15, 0.2) is 6.61 Å². The highest BCUT2D eigenvalue weighted by Gasteiger charge is 2.23. The molecule has 0 heterocycles. The quantitative estimate of drug-likeness (QED) is 0.207. The number of ether oxygens (including phenoxy) is 3. The highest BCUT2D eigenvalue weighted by Crippen LogP contribution is 2.34. The van der Waals surface area contributed by atoms with Crippen molar-refractivity contribution in [2.75, 3.05) is 19.8 Å². The number of hydrogen-bond donors (Lipinski definition) is 2.